The summed E-state index contributed by atoms with van der Waals surface area (Å²) in [5.41, 5.74) is 3.20. The van der Waals surface area contributed by atoms with E-state index in [2.05, 4.69) is 65.5 Å². The quantitative estimate of drug-likeness (QED) is 0.518. The van der Waals surface area contributed by atoms with Gasteiger partial charge in [0.2, 0.25) is 5.91 Å². The molecule has 0 radical (unpaired) electrons. The zero-order valence-corrected chi connectivity index (χ0v) is 19.8. The number of carbonyl (C=O) groups excluding carboxylic acids is 1. The number of hydrogen-bond acceptors (Lipinski definition) is 5. The van der Waals surface area contributed by atoms with Gasteiger partial charge in [0.05, 0.1) is 5.75 Å². The van der Waals surface area contributed by atoms with Gasteiger partial charge in [-0.15, -0.1) is 10.2 Å². The molecule has 1 amide bonds. The second-order valence-electron chi connectivity index (χ2n) is 8.63. The van der Waals surface area contributed by atoms with Crippen LogP contribution < -0.4 is 5.32 Å². The Morgan fingerprint density at radius 2 is 1.84 bits per heavy atom. The van der Waals surface area contributed by atoms with Crippen molar-refractivity contribution < 1.29 is 4.79 Å². The summed E-state index contributed by atoms with van der Waals surface area (Å²) in [5.74, 6) is 2.28. The molecule has 7 heteroatoms. The van der Waals surface area contributed by atoms with Gasteiger partial charge < -0.3 is 5.32 Å². The highest BCUT2D eigenvalue weighted by molar-refractivity contribution is 7.99. The third-order valence-electron chi connectivity index (χ3n) is 6.56. The second kappa shape index (κ2) is 10.3. The van der Waals surface area contributed by atoms with E-state index in [9.17, 15) is 4.79 Å². The summed E-state index contributed by atoms with van der Waals surface area (Å²) in [6, 6.07) is 12.5. The second-order valence-corrected chi connectivity index (χ2v) is 9.57. The fourth-order valence-corrected chi connectivity index (χ4v) is 5.09. The number of amides is 1. The third kappa shape index (κ3) is 5.04. The van der Waals surface area contributed by atoms with Crippen molar-refractivity contribution in [1.82, 2.24) is 25.1 Å². The number of hydrogen-bond donors (Lipinski definition) is 1. The predicted molar refractivity (Wildman–Crippen MR) is 129 cm³/mol. The molecule has 1 fully saturated rings. The lowest BCUT2D eigenvalue weighted by Gasteiger charge is -2.34. The Morgan fingerprint density at radius 1 is 1.09 bits per heavy atom. The van der Waals surface area contributed by atoms with Crippen molar-refractivity contribution in [2.45, 2.75) is 57.7 Å². The summed E-state index contributed by atoms with van der Waals surface area (Å²) in [7, 11) is 0. The van der Waals surface area contributed by atoms with E-state index in [4.69, 9.17) is 0 Å². The first-order chi connectivity index (χ1) is 15.6. The Kier molecular flexibility index (Phi) is 7.25. The molecule has 0 saturated heterocycles. The van der Waals surface area contributed by atoms with Crippen LogP contribution in [0, 0.1) is 11.8 Å². The molecule has 1 aliphatic rings. The van der Waals surface area contributed by atoms with Crippen molar-refractivity contribution in [1.29, 1.82) is 0 Å². The molecule has 1 aromatic carbocycles. The molecule has 168 valence electrons. The van der Waals surface area contributed by atoms with Crippen LogP contribution in [0.25, 0.3) is 17.1 Å². The van der Waals surface area contributed by atoms with Crippen LogP contribution in [-0.2, 0) is 11.2 Å². The molecule has 0 bridgehead atoms. The molecule has 32 heavy (non-hydrogen) atoms. The van der Waals surface area contributed by atoms with E-state index in [1.165, 1.54) is 30.2 Å². The van der Waals surface area contributed by atoms with E-state index >= 15 is 0 Å². The van der Waals surface area contributed by atoms with Crippen LogP contribution >= 0.6 is 11.8 Å². The molecule has 0 aliphatic heterocycles. The summed E-state index contributed by atoms with van der Waals surface area (Å²) < 4.78 is 2.03. The molecule has 4 rings (SSSR count). The van der Waals surface area contributed by atoms with E-state index in [1.807, 2.05) is 16.7 Å². The van der Waals surface area contributed by atoms with Gasteiger partial charge in [0, 0.05) is 29.7 Å². The molecule has 1 aliphatic carbocycles. The summed E-state index contributed by atoms with van der Waals surface area (Å²) in [6.45, 7) is 6.67. The number of aromatic nitrogens is 4. The minimum absolute atomic E-state index is 0.0577. The van der Waals surface area contributed by atoms with Crippen LogP contribution in [0.3, 0.4) is 0 Å². The van der Waals surface area contributed by atoms with Gasteiger partial charge in [-0.25, -0.2) is 0 Å². The van der Waals surface area contributed by atoms with E-state index in [1.54, 1.807) is 12.4 Å². The zero-order valence-electron chi connectivity index (χ0n) is 19.0. The SMILES string of the molecule is CCc1ccc(-n2c(SCC(=O)NC3CCCC(C)C3C)nnc2-c2ccncc2)cc1. The molecule has 2 heterocycles. The Hall–Kier alpha value is -2.67. The maximum atomic E-state index is 12.7. The van der Waals surface area contributed by atoms with Crippen LogP contribution in [0.5, 0.6) is 0 Å². The maximum absolute atomic E-state index is 12.7. The summed E-state index contributed by atoms with van der Waals surface area (Å²) in [5, 5.41) is 12.9. The summed E-state index contributed by atoms with van der Waals surface area (Å²) in [4.78, 5) is 16.9. The molecule has 1 N–H and O–H groups in total. The zero-order chi connectivity index (χ0) is 22.5. The number of carbonyl (C=O) groups is 1. The monoisotopic (exact) mass is 449 g/mol. The van der Waals surface area contributed by atoms with Gasteiger partial charge in [0.1, 0.15) is 0 Å². The summed E-state index contributed by atoms with van der Waals surface area (Å²) in [6.07, 6.45) is 7.98. The van der Waals surface area contributed by atoms with E-state index in [0.29, 0.717) is 22.7 Å². The highest BCUT2D eigenvalue weighted by Gasteiger charge is 2.28. The van der Waals surface area contributed by atoms with Gasteiger partial charge in [-0.1, -0.05) is 57.5 Å². The summed E-state index contributed by atoms with van der Waals surface area (Å²) >= 11 is 1.43. The number of thioether (sulfide) groups is 1. The van der Waals surface area contributed by atoms with Crippen LogP contribution in [0.4, 0.5) is 0 Å². The molecule has 0 spiro atoms. The molecule has 3 atom stereocenters. The molecule has 3 aromatic rings. The fourth-order valence-electron chi connectivity index (χ4n) is 4.33. The molecular formula is C25H31N5OS. The lowest BCUT2D eigenvalue weighted by Crippen LogP contribution is -2.44. The van der Waals surface area contributed by atoms with Crippen molar-refractivity contribution >= 4 is 17.7 Å². The van der Waals surface area contributed by atoms with Crippen LogP contribution in [0.1, 0.15) is 45.6 Å². The Labute approximate surface area is 194 Å². The van der Waals surface area contributed by atoms with E-state index in [0.717, 1.165) is 29.9 Å². The topological polar surface area (TPSA) is 72.7 Å². The standard InChI is InChI=1S/C25H31N5OS/c1-4-19-8-10-21(11-9-19)30-24(20-12-14-26-15-13-20)28-29-25(30)32-16-23(31)27-22-7-5-6-17(2)18(22)3/h8-15,17-18,22H,4-7,16H2,1-3H3,(H,27,31). The average molecular weight is 450 g/mol. The number of aryl methyl sites for hydroxylation is 1. The first-order valence-electron chi connectivity index (χ1n) is 11.4. The third-order valence-corrected chi connectivity index (χ3v) is 7.49. The van der Waals surface area contributed by atoms with Gasteiger partial charge in [-0.2, -0.15) is 0 Å². The normalized spacial score (nSPS) is 20.8. The van der Waals surface area contributed by atoms with Crippen molar-refractivity contribution in [2.75, 3.05) is 5.75 Å². The van der Waals surface area contributed by atoms with Gasteiger partial charge in [-0.3, -0.25) is 14.3 Å². The van der Waals surface area contributed by atoms with Crippen molar-refractivity contribution in [3.63, 3.8) is 0 Å². The van der Waals surface area contributed by atoms with Crippen LogP contribution in [0.15, 0.2) is 53.9 Å². The highest BCUT2D eigenvalue weighted by atomic mass is 32.2. The lowest BCUT2D eigenvalue weighted by molar-refractivity contribution is -0.120. The van der Waals surface area contributed by atoms with E-state index in [-0.39, 0.29) is 11.9 Å². The lowest BCUT2D eigenvalue weighted by atomic mass is 9.78. The Morgan fingerprint density at radius 3 is 2.56 bits per heavy atom. The van der Waals surface area contributed by atoms with Gasteiger partial charge in [-0.05, 0) is 54.5 Å². The number of nitrogens with one attached hydrogen (secondary N) is 1. The van der Waals surface area contributed by atoms with E-state index < -0.39 is 0 Å². The van der Waals surface area contributed by atoms with Gasteiger partial charge in [0.25, 0.3) is 0 Å². The number of rotatable bonds is 7. The minimum atomic E-state index is 0.0577. The molecule has 6 nitrogen and oxygen atoms in total. The number of benzene rings is 1. The molecule has 3 unspecified atom stereocenters. The van der Waals surface area contributed by atoms with Crippen LogP contribution in [0.2, 0.25) is 0 Å². The maximum Gasteiger partial charge on any atom is 0.230 e. The average Bonchev–Trinajstić information content (AvgIpc) is 3.25. The molecule has 1 saturated carbocycles. The van der Waals surface area contributed by atoms with Crippen molar-refractivity contribution in [2.24, 2.45) is 11.8 Å². The number of nitrogens with zero attached hydrogens (tertiary/aromatic N) is 4. The first kappa shape index (κ1) is 22.5. The Bertz CT molecular complexity index is 1030. The number of pyridine rings is 1. The smallest absolute Gasteiger partial charge is 0.230 e. The highest BCUT2D eigenvalue weighted by Crippen LogP contribution is 2.30. The first-order valence-corrected chi connectivity index (χ1v) is 12.4. The van der Waals surface area contributed by atoms with Crippen molar-refractivity contribution in [3.8, 4) is 17.1 Å². The largest absolute Gasteiger partial charge is 0.352 e. The van der Waals surface area contributed by atoms with Crippen LogP contribution in [-0.4, -0.2) is 37.5 Å². The minimum Gasteiger partial charge on any atom is -0.352 e. The molecule has 2 aromatic heterocycles. The fraction of sp³-hybridized carbons (Fsp3) is 0.440. The molecular weight excluding hydrogens is 418 g/mol. The van der Waals surface area contributed by atoms with Gasteiger partial charge in [0.15, 0.2) is 11.0 Å². The Balaban J connectivity index is 1.54. The van der Waals surface area contributed by atoms with Gasteiger partial charge >= 0.3 is 0 Å². The van der Waals surface area contributed by atoms with Crippen molar-refractivity contribution in [3.05, 3.63) is 54.4 Å². The predicted octanol–water partition coefficient (Wildman–Crippen LogP) is 4.92.